The van der Waals surface area contributed by atoms with Crippen LogP contribution >= 0.6 is 0 Å². The lowest BCUT2D eigenvalue weighted by Gasteiger charge is -2.14. The van der Waals surface area contributed by atoms with Gasteiger partial charge in [-0.2, -0.15) is 0 Å². The van der Waals surface area contributed by atoms with Crippen LogP contribution in [0.15, 0.2) is 0 Å². The van der Waals surface area contributed by atoms with Crippen molar-refractivity contribution in [3.05, 3.63) is 22.8 Å². The summed E-state index contributed by atoms with van der Waals surface area (Å²) in [5, 5.41) is 3.47. The highest BCUT2D eigenvalue weighted by Crippen LogP contribution is 2.38. The number of rotatable bonds is 3. The van der Waals surface area contributed by atoms with E-state index in [0.717, 1.165) is 38.2 Å². The van der Waals surface area contributed by atoms with Gasteiger partial charge in [-0.15, -0.1) is 0 Å². The molecule has 0 spiro atoms. The van der Waals surface area contributed by atoms with Gasteiger partial charge in [-0.25, -0.2) is 9.97 Å². The Labute approximate surface area is 109 Å². The normalized spacial score (nSPS) is 19.7. The van der Waals surface area contributed by atoms with Crippen molar-refractivity contribution in [1.82, 2.24) is 15.3 Å². The Hall–Kier alpha value is -0.960. The lowest BCUT2D eigenvalue weighted by Crippen LogP contribution is -2.16. The molecule has 18 heavy (non-hydrogen) atoms. The molecule has 1 saturated carbocycles. The number of nitrogens with one attached hydrogen (secondary N) is 1. The summed E-state index contributed by atoms with van der Waals surface area (Å²) in [5.74, 6) is 2.47. The van der Waals surface area contributed by atoms with Crippen LogP contribution in [0, 0.1) is 5.92 Å². The third-order valence-electron chi connectivity index (χ3n) is 3.83. The molecule has 98 valence electrons. The Bertz CT molecular complexity index is 436. The van der Waals surface area contributed by atoms with Crippen molar-refractivity contribution in [3.63, 3.8) is 0 Å². The highest BCUT2D eigenvalue weighted by Gasteiger charge is 2.28. The van der Waals surface area contributed by atoms with Crippen molar-refractivity contribution in [2.24, 2.45) is 5.92 Å². The summed E-state index contributed by atoms with van der Waals surface area (Å²) in [5.41, 5.74) is 4.10. The monoisotopic (exact) mass is 245 g/mol. The summed E-state index contributed by atoms with van der Waals surface area (Å²) < 4.78 is 0. The molecule has 2 heterocycles. The summed E-state index contributed by atoms with van der Waals surface area (Å²) in [6.07, 6.45) is 5.85. The van der Waals surface area contributed by atoms with Gasteiger partial charge in [0.1, 0.15) is 5.82 Å². The number of hydrogen-bond donors (Lipinski definition) is 1. The van der Waals surface area contributed by atoms with E-state index in [1.54, 1.807) is 0 Å². The van der Waals surface area contributed by atoms with Crippen LogP contribution in [0.2, 0.25) is 0 Å². The van der Waals surface area contributed by atoms with Crippen LogP contribution in [0.5, 0.6) is 0 Å². The molecule has 3 heteroatoms. The third kappa shape index (κ3) is 2.56. The van der Waals surface area contributed by atoms with Gasteiger partial charge in [-0.1, -0.05) is 13.8 Å². The highest BCUT2D eigenvalue weighted by atomic mass is 14.9. The molecule has 0 radical (unpaired) electrons. The van der Waals surface area contributed by atoms with Gasteiger partial charge >= 0.3 is 0 Å². The van der Waals surface area contributed by atoms with Crippen LogP contribution in [0.1, 0.15) is 55.4 Å². The molecular weight excluding hydrogens is 222 g/mol. The third-order valence-corrected chi connectivity index (χ3v) is 3.83. The van der Waals surface area contributed by atoms with Crippen LogP contribution in [-0.4, -0.2) is 23.1 Å². The average Bonchev–Trinajstić information content (AvgIpc) is 3.15. The summed E-state index contributed by atoms with van der Waals surface area (Å²) in [6.45, 7) is 6.69. The van der Waals surface area contributed by atoms with Crippen LogP contribution in [-0.2, 0) is 19.3 Å². The first-order chi connectivity index (χ1) is 8.74. The van der Waals surface area contributed by atoms with E-state index in [1.807, 2.05) is 0 Å². The smallest absolute Gasteiger partial charge is 0.131 e. The van der Waals surface area contributed by atoms with Crippen LogP contribution in [0.4, 0.5) is 0 Å². The van der Waals surface area contributed by atoms with Crippen molar-refractivity contribution in [1.29, 1.82) is 0 Å². The fraction of sp³-hybridized carbons (Fsp3) is 0.733. The molecule has 3 nitrogen and oxygen atoms in total. The molecule has 1 aliphatic heterocycles. The molecule has 0 amide bonds. The molecule has 0 bridgehead atoms. The molecule has 0 saturated heterocycles. The largest absolute Gasteiger partial charge is 0.316 e. The molecule has 1 N–H and O–H groups in total. The average molecular weight is 245 g/mol. The Morgan fingerprint density at radius 1 is 1.17 bits per heavy atom. The second-order valence-electron chi connectivity index (χ2n) is 6.08. The summed E-state index contributed by atoms with van der Waals surface area (Å²) >= 11 is 0. The van der Waals surface area contributed by atoms with Gasteiger partial charge in [0.2, 0.25) is 0 Å². The Kier molecular flexibility index (Phi) is 3.33. The molecule has 0 aromatic carbocycles. The minimum absolute atomic E-state index is 0.664. The van der Waals surface area contributed by atoms with Gasteiger partial charge in [0, 0.05) is 30.3 Å². The highest BCUT2D eigenvalue weighted by molar-refractivity contribution is 5.30. The summed E-state index contributed by atoms with van der Waals surface area (Å²) in [6, 6.07) is 0. The lowest BCUT2D eigenvalue weighted by molar-refractivity contribution is 0.620. The van der Waals surface area contributed by atoms with Gasteiger partial charge in [0.05, 0.1) is 0 Å². The number of nitrogens with zero attached hydrogens (tertiary/aromatic N) is 2. The predicted octanol–water partition coefficient (Wildman–Crippen LogP) is 2.24. The SMILES string of the molecule is CC(C)Cc1nc(C2CC2)nc2c1CCNCC2. The molecule has 0 atom stereocenters. The van der Waals surface area contributed by atoms with Crippen molar-refractivity contribution < 1.29 is 0 Å². The lowest BCUT2D eigenvalue weighted by atomic mass is 9.99. The molecule has 3 rings (SSSR count). The maximum Gasteiger partial charge on any atom is 0.131 e. The molecule has 0 unspecified atom stereocenters. The van der Waals surface area contributed by atoms with E-state index in [2.05, 4.69) is 19.2 Å². The molecular formula is C15H23N3. The predicted molar refractivity (Wildman–Crippen MR) is 72.8 cm³/mol. The van der Waals surface area contributed by atoms with Crippen molar-refractivity contribution in [2.75, 3.05) is 13.1 Å². The van der Waals surface area contributed by atoms with E-state index in [0.29, 0.717) is 11.8 Å². The fourth-order valence-corrected chi connectivity index (χ4v) is 2.72. The van der Waals surface area contributed by atoms with Crippen molar-refractivity contribution >= 4 is 0 Å². The molecule has 1 fully saturated rings. The zero-order valence-electron chi connectivity index (χ0n) is 11.5. The van der Waals surface area contributed by atoms with Crippen LogP contribution < -0.4 is 5.32 Å². The first-order valence-corrected chi connectivity index (χ1v) is 7.33. The van der Waals surface area contributed by atoms with Gasteiger partial charge < -0.3 is 5.32 Å². The summed E-state index contributed by atoms with van der Waals surface area (Å²) in [7, 11) is 0. The maximum absolute atomic E-state index is 4.89. The Morgan fingerprint density at radius 3 is 2.67 bits per heavy atom. The Balaban J connectivity index is 1.99. The van der Waals surface area contributed by atoms with Crippen LogP contribution in [0.3, 0.4) is 0 Å². The maximum atomic E-state index is 4.89. The minimum Gasteiger partial charge on any atom is -0.316 e. The van der Waals surface area contributed by atoms with Gasteiger partial charge in [-0.05, 0) is 43.7 Å². The standard InChI is InChI=1S/C15H23N3/c1-10(2)9-14-12-5-7-16-8-6-13(12)17-15(18-14)11-3-4-11/h10-11,16H,3-9H2,1-2H3. The van der Waals surface area contributed by atoms with E-state index in [-0.39, 0.29) is 0 Å². The first kappa shape index (κ1) is 12.1. The first-order valence-electron chi connectivity index (χ1n) is 7.33. The van der Waals surface area contributed by atoms with Crippen molar-refractivity contribution in [3.8, 4) is 0 Å². The zero-order valence-corrected chi connectivity index (χ0v) is 11.5. The van der Waals surface area contributed by atoms with Gasteiger partial charge in [0.15, 0.2) is 0 Å². The Morgan fingerprint density at radius 2 is 1.94 bits per heavy atom. The fourth-order valence-electron chi connectivity index (χ4n) is 2.72. The quantitative estimate of drug-likeness (QED) is 0.887. The topological polar surface area (TPSA) is 37.8 Å². The molecule has 2 aliphatic rings. The minimum atomic E-state index is 0.664. The zero-order chi connectivity index (χ0) is 12.5. The van der Waals surface area contributed by atoms with Gasteiger partial charge in [-0.3, -0.25) is 0 Å². The summed E-state index contributed by atoms with van der Waals surface area (Å²) in [4.78, 5) is 9.74. The molecule has 1 aromatic heterocycles. The van der Waals surface area contributed by atoms with Gasteiger partial charge in [0.25, 0.3) is 0 Å². The van der Waals surface area contributed by atoms with E-state index >= 15 is 0 Å². The van der Waals surface area contributed by atoms with E-state index in [4.69, 9.17) is 9.97 Å². The van der Waals surface area contributed by atoms with E-state index in [9.17, 15) is 0 Å². The number of aromatic nitrogens is 2. The second-order valence-corrected chi connectivity index (χ2v) is 6.08. The van der Waals surface area contributed by atoms with Crippen molar-refractivity contribution in [2.45, 2.75) is 51.9 Å². The molecule has 1 aliphatic carbocycles. The number of hydrogen-bond acceptors (Lipinski definition) is 3. The molecule has 1 aromatic rings. The number of fused-ring (bicyclic) bond motifs is 1. The van der Waals surface area contributed by atoms with E-state index < -0.39 is 0 Å². The van der Waals surface area contributed by atoms with E-state index in [1.165, 1.54) is 29.8 Å². The second kappa shape index (κ2) is 4.96. The van der Waals surface area contributed by atoms with Crippen LogP contribution in [0.25, 0.3) is 0 Å².